The Morgan fingerprint density at radius 2 is 1.19 bits per heavy atom. The third kappa shape index (κ3) is 8.68. The highest BCUT2D eigenvalue weighted by molar-refractivity contribution is 5.94. The Morgan fingerprint density at radius 3 is 1.68 bits per heavy atom. The third-order valence-corrected chi connectivity index (χ3v) is 5.28. The zero-order valence-electron chi connectivity index (χ0n) is 21.6. The van der Waals surface area contributed by atoms with Gasteiger partial charge in [-0.15, -0.1) is 0 Å². The van der Waals surface area contributed by atoms with Gasteiger partial charge in [0.25, 0.3) is 5.91 Å². The quantitative estimate of drug-likeness (QED) is 0.428. The number of nitrogens with one attached hydrogen (secondary N) is 1. The van der Waals surface area contributed by atoms with Crippen molar-refractivity contribution < 1.29 is 23.9 Å². The van der Waals surface area contributed by atoms with Crippen LogP contribution in [0.2, 0.25) is 0 Å². The van der Waals surface area contributed by atoms with Crippen LogP contribution < -0.4 is 5.32 Å². The van der Waals surface area contributed by atoms with E-state index in [0.717, 1.165) is 16.1 Å². The molecule has 8 heteroatoms. The molecule has 1 N–H and O–H groups in total. The normalized spacial score (nSPS) is 10.8. The first-order valence-corrected chi connectivity index (χ1v) is 12.0. The second-order valence-corrected chi connectivity index (χ2v) is 9.56. The van der Waals surface area contributed by atoms with Crippen LogP contribution in [-0.4, -0.2) is 40.7 Å². The molecule has 3 aromatic carbocycles. The maximum absolute atomic E-state index is 13.1. The molecule has 0 heterocycles. The van der Waals surface area contributed by atoms with E-state index < -0.39 is 12.2 Å². The molecule has 0 bridgehead atoms. The van der Waals surface area contributed by atoms with Gasteiger partial charge in [0.05, 0.1) is 6.54 Å². The smallest absolute Gasteiger partial charge is 0.429 e. The van der Waals surface area contributed by atoms with Crippen LogP contribution in [0.1, 0.15) is 47.8 Å². The van der Waals surface area contributed by atoms with E-state index >= 15 is 0 Å². The van der Waals surface area contributed by atoms with Gasteiger partial charge < -0.3 is 14.8 Å². The molecular weight excluding hydrogens is 470 g/mol. The fourth-order valence-electron chi connectivity index (χ4n) is 3.35. The van der Waals surface area contributed by atoms with Crippen LogP contribution in [0.25, 0.3) is 0 Å². The number of amides is 3. The minimum atomic E-state index is -0.711. The number of carbonyl (C=O) groups is 3. The molecule has 3 rings (SSSR count). The van der Waals surface area contributed by atoms with Crippen molar-refractivity contribution in [3.8, 4) is 0 Å². The molecule has 8 nitrogen and oxygen atoms in total. The summed E-state index contributed by atoms with van der Waals surface area (Å²) in [6, 6.07) is 25.4. The molecule has 0 unspecified atom stereocenters. The lowest BCUT2D eigenvalue weighted by Gasteiger charge is -2.30. The maximum Gasteiger partial charge on any atom is 0.429 e. The monoisotopic (exact) mass is 503 g/mol. The van der Waals surface area contributed by atoms with Gasteiger partial charge in [-0.25, -0.2) is 19.6 Å². The molecule has 0 atom stereocenters. The summed E-state index contributed by atoms with van der Waals surface area (Å²) in [6.45, 7) is 5.87. The van der Waals surface area contributed by atoms with Gasteiger partial charge in [-0.3, -0.25) is 4.79 Å². The molecule has 0 spiro atoms. The van der Waals surface area contributed by atoms with Crippen molar-refractivity contribution in [3.05, 3.63) is 107 Å². The van der Waals surface area contributed by atoms with Crippen LogP contribution in [0.15, 0.2) is 84.9 Å². The molecule has 3 aromatic rings. The van der Waals surface area contributed by atoms with E-state index in [1.165, 1.54) is 12.1 Å². The summed E-state index contributed by atoms with van der Waals surface area (Å²) in [7, 11) is 1.45. The van der Waals surface area contributed by atoms with Gasteiger partial charge in [0.2, 0.25) is 0 Å². The Kier molecular flexibility index (Phi) is 9.27. The number of nitrogens with zero attached hydrogens (tertiary/aromatic N) is 2. The van der Waals surface area contributed by atoms with Crippen molar-refractivity contribution in [2.24, 2.45) is 0 Å². The summed E-state index contributed by atoms with van der Waals surface area (Å²) in [6.07, 6.45) is -1.42. The standard InChI is InChI=1S/C29H33N3O5/c1-29(2,3)30-26(33)25-17-15-22(16-18-25)19-32(28(35)37-21-24-13-9-6-10-14-24)31(4)27(34)36-20-23-11-7-5-8-12-23/h5-18H,19-21H2,1-4H3,(H,30,33). The molecule has 0 aliphatic rings. The zero-order chi connectivity index (χ0) is 26.8. The second kappa shape index (κ2) is 12.6. The molecule has 37 heavy (non-hydrogen) atoms. The average Bonchev–Trinajstić information content (AvgIpc) is 2.89. The minimum absolute atomic E-state index is 0.0335. The van der Waals surface area contributed by atoms with Crippen LogP contribution in [0.3, 0.4) is 0 Å². The Labute approximate surface area is 217 Å². The largest absolute Gasteiger partial charge is 0.443 e. The van der Waals surface area contributed by atoms with Crippen molar-refractivity contribution in [1.29, 1.82) is 0 Å². The SMILES string of the molecule is CN(C(=O)OCc1ccccc1)N(Cc1ccc(C(=O)NC(C)(C)C)cc1)C(=O)OCc1ccccc1. The maximum atomic E-state index is 13.1. The second-order valence-electron chi connectivity index (χ2n) is 9.56. The third-order valence-electron chi connectivity index (χ3n) is 5.28. The summed E-state index contributed by atoms with van der Waals surface area (Å²) in [5.74, 6) is -0.195. The minimum Gasteiger partial charge on any atom is -0.443 e. The average molecular weight is 504 g/mol. The number of hydrogen-bond donors (Lipinski definition) is 1. The Bertz CT molecular complexity index is 1180. The number of rotatable bonds is 7. The van der Waals surface area contributed by atoms with Crippen LogP contribution >= 0.6 is 0 Å². The van der Waals surface area contributed by atoms with Gasteiger partial charge >= 0.3 is 12.2 Å². The fraction of sp³-hybridized carbons (Fsp3) is 0.276. The lowest BCUT2D eigenvalue weighted by molar-refractivity contribution is -0.0167. The van der Waals surface area contributed by atoms with Crippen LogP contribution in [0.4, 0.5) is 9.59 Å². The lowest BCUT2D eigenvalue weighted by Crippen LogP contribution is -2.47. The molecule has 0 fully saturated rings. The molecule has 0 saturated heterocycles. The van der Waals surface area contributed by atoms with E-state index in [1.54, 1.807) is 24.3 Å². The fourth-order valence-corrected chi connectivity index (χ4v) is 3.35. The summed E-state index contributed by atoms with van der Waals surface area (Å²) in [5, 5.41) is 5.17. The Hall–Kier alpha value is -4.33. The number of hydrazine groups is 1. The summed E-state index contributed by atoms with van der Waals surface area (Å²) < 4.78 is 10.9. The molecule has 194 valence electrons. The summed E-state index contributed by atoms with van der Waals surface area (Å²) >= 11 is 0. The van der Waals surface area contributed by atoms with Gasteiger partial charge in [-0.2, -0.15) is 0 Å². The zero-order valence-corrected chi connectivity index (χ0v) is 21.6. The predicted octanol–water partition coefficient (Wildman–Crippen LogP) is 5.54. The first kappa shape index (κ1) is 27.3. The van der Waals surface area contributed by atoms with Crippen molar-refractivity contribution in [3.63, 3.8) is 0 Å². The Balaban J connectivity index is 1.72. The number of hydrogen-bond acceptors (Lipinski definition) is 5. The highest BCUT2D eigenvalue weighted by atomic mass is 16.6. The predicted molar refractivity (Wildman–Crippen MR) is 140 cm³/mol. The number of carbonyl (C=O) groups excluding carboxylic acids is 3. The molecule has 0 aromatic heterocycles. The first-order chi connectivity index (χ1) is 17.6. The highest BCUT2D eigenvalue weighted by Gasteiger charge is 2.26. The first-order valence-electron chi connectivity index (χ1n) is 12.0. The van der Waals surface area contributed by atoms with Crippen LogP contribution in [0, 0.1) is 0 Å². The van der Waals surface area contributed by atoms with E-state index in [2.05, 4.69) is 5.32 Å². The van der Waals surface area contributed by atoms with Gasteiger partial charge in [0.15, 0.2) is 0 Å². The lowest BCUT2D eigenvalue weighted by atomic mass is 10.1. The number of ether oxygens (including phenoxy) is 2. The van der Waals surface area contributed by atoms with Crippen LogP contribution in [0.5, 0.6) is 0 Å². The van der Waals surface area contributed by atoms with E-state index in [9.17, 15) is 14.4 Å². The molecule has 0 saturated carbocycles. The van der Waals surface area contributed by atoms with Crippen molar-refractivity contribution in [1.82, 2.24) is 15.3 Å². The van der Waals surface area contributed by atoms with Gasteiger partial charge in [0.1, 0.15) is 13.2 Å². The van der Waals surface area contributed by atoms with Crippen LogP contribution in [-0.2, 0) is 29.2 Å². The summed E-state index contributed by atoms with van der Waals surface area (Å²) in [5.41, 5.74) is 2.47. The number of benzene rings is 3. The van der Waals surface area contributed by atoms with Gasteiger partial charge in [0, 0.05) is 18.2 Å². The molecule has 0 aliphatic heterocycles. The van der Waals surface area contributed by atoms with Gasteiger partial charge in [-0.05, 0) is 49.6 Å². The van der Waals surface area contributed by atoms with E-state index in [4.69, 9.17) is 9.47 Å². The molecular formula is C29H33N3O5. The summed E-state index contributed by atoms with van der Waals surface area (Å²) in [4.78, 5) is 38.3. The van der Waals surface area contributed by atoms with E-state index in [-0.39, 0.29) is 31.2 Å². The molecule has 3 amide bonds. The van der Waals surface area contributed by atoms with Crippen molar-refractivity contribution in [2.45, 2.75) is 46.1 Å². The van der Waals surface area contributed by atoms with E-state index in [1.807, 2.05) is 81.4 Å². The van der Waals surface area contributed by atoms with Gasteiger partial charge in [-0.1, -0.05) is 72.8 Å². The highest BCUT2D eigenvalue weighted by Crippen LogP contribution is 2.14. The van der Waals surface area contributed by atoms with Crippen molar-refractivity contribution in [2.75, 3.05) is 7.05 Å². The topological polar surface area (TPSA) is 88.2 Å². The molecule has 0 aliphatic carbocycles. The van der Waals surface area contributed by atoms with Crippen molar-refractivity contribution >= 4 is 18.1 Å². The van der Waals surface area contributed by atoms with E-state index in [0.29, 0.717) is 11.1 Å². The Morgan fingerprint density at radius 1 is 0.703 bits per heavy atom. The molecule has 0 radical (unpaired) electrons.